The molecule has 0 radical (unpaired) electrons. The number of carbonyl (C=O) groups excluding carboxylic acids is 2. The molecular formula is C23H27ClF2N2O2S. The van der Waals surface area contributed by atoms with Crippen molar-refractivity contribution in [2.45, 2.75) is 51.6 Å². The molecule has 0 aliphatic carbocycles. The van der Waals surface area contributed by atoms with Gasteiger partial charge in [-0.25, -0.2) is 8.78 Å². The number of hydrogen-bond donors (Lipinski definition) is 1. The van der Waals surface area contributed by atoms with E-state index in [1.54, 1.807) is 31.2 Å². The summed E-state index contributed by atoms with van der Waals surface area (Å²) in [6.45, 7) is 7.08. The molecule has 0 aromatic heterocycles. The standard InChI is InChI=1S/C23H27ClF2N2O2S/c1-15(22(30)27-23(2,3)4)28(12-16-8-5-6-10-19(16)25)21(29)14-31-13-17-18(24)9-7-11-20(17)26/h5-11,15H,12-14H2,1-4H3,(H,27,30)/t15-/m0/s1. The average Bonchev–Trinajstić information content (AvgIpc) is 2.67. The van der Waals surface area contributed by atoms with Crippen molar-refractivity contribution in [1.82, 2.24) is 10.2 Å². The Kier molecular flexibility index (Phi) is 8.89. The molecule has 2 aromatic carbocycles. The van der Waals surface area contributed by atoms with E-state index in [-0.39, 0.29) is 29.9 Å². The fourth-order valence-electron chi connectivity index (χ4n) is 2.86. The number of thioether (sulfide) groups is 1. The van der Waals surface area contributed by atoms with Gasteiger partial charge in [-0.1, -0.05) is 35.9 Å². The summed E-state index contributed by atoms with van der Waals surface area (Å²) in [5, 5.41) is 3.14. The second kappa shape index (κ2) is 11.0. The average molecular weight is 469 g/mol. The van der Waals surface area contributed by atoms with Gasteiger partial charge in [-0.2, -0.15) is 0 Å². The first-order chi connectivity index (χ1) is 14.5. The van der Waals surface area contributed by atoms with E-state index in [9.17, 15) is 18.4 Å². The van der Waals surface area contributed by atoms with E-state index in [1.165, 1.54) is 34.9 Å². The molecule has 0 aliphatic rings. The summed E-state index contributed by atoms with van der Waals surface area (Å²) in [5.74, 6) is -1.38. The van der Waals surface area contributed by atoms with Crippen molar-refractivity contribution in [1.29, 1.82) is 0 Å². The highest BCUT2D eigenvalue weighted by molar-refractivity contribution is 7.99. The first-order valence-electron chi connectivity index (χ1n) is 9.85. The maximum atomic E-state index is 14.2. The topological polar surface area (TPSA) is 49.4 Å². The molecule has 2 rings (SSSR count). The first-order valence-corrected chi connectivity index (χ1v) is 11.4. The predicted molar refractivity (Wildman–Crippen MR) is 122 cm³/mol. The van der Waals surface area contributed by atoms with Crippen LogP contribution in [-0.2, 0) is 21.9 Å². The zero-order valence-corrected chi connectivity index (χ0v) is 19.6. The molecule has 1 atom stereocenters. The maximum absolute atomic E-state index is 14.2. The quantitative estimate of drug-likeness (QED) is 0.580. The number of benzene rings is 2. The van der Waals surface area contributed by atoms with Crippen LogP contribution >= 0.6 is 23.4 Å². The molecule has 0 unspecified atom stereocenters. The molecule has 0 saturated heterocycles. The van der Waals surface area contributed by atoms with Crippen molar-refractivity contribution < 1.29 is 18.4 Å². The third-order valence-electron chi connectivity index (χ3n) is 4.50. The van der Waals surface area contributed by atoms with Gasteiger partial charge in [0, 0.05) is 34.0 Å². The predicted octanol–water partition coefficient (Wildman–Crippen LogP) is 5.18. The lowest BCUT2D eigenvalue weighted by molar-refractivity contribution is -0.139. The minimum atomic E-state index is -0.816. The summed E-state index contributed by atoms with van der Waals surface area (Å²) in [6.07, 6.45) is 0. The summed E-state index contributed by atoms with van der Waals surface area (Å²) in [7, 11) is 0. The van der Waals surface area contributed by atoms with Crippen molar-refractivity contribution in [3.8, 4) is 0 Å². The molecule has 8 heteroatoms. The van der Waals surface area contributed by atoms with E-state index in [0.29, 0.717) is 16.1 Å². The van der Waals surface area contributed by atoms with Crippen LogP contribution in [0.5, 0.6) is 0 Å². The van der Waals surface area contributed by atoms with Gasteiger partial charge in [0.2, 0.25) is 11.8 Å². The van der Waals surface area contributed by atoms with Gasteiger partial charge in [0.25, 0.3) is 0 Å². The molecular weight excluding hydrogens is 442 g/mol. The second-order valence-corrected chi connectivity index (χ2v) is 9.61. The monoisotopic (exact) mass is 468 g/mol. The van der Waals surface area contributed by atoms with E-state index in [4.69, 9.17) is 11.6 Å². The van der Waals surface area contributed by atoms with Crippen LogP contribution in [0.2, 0.25) is 5.02 Å². The van der Waals surface area contributed by atoms with Gasteiger partial charge in [-0.15, -0.1) is 11.8 Å². The normalized spacial score (nSPS) is 12.4. The number of amides is 2. The minimum Gasteiger partial charge on any atom is -0.350 e. The third-order valence-corrected chi connectivity index (χ3v) is 5.80. The van der Waals surface area contributed by atoms with Crippen LogP contribution in [0.4, 0.5) is 8.78 Å². The number of nitrogens with one attached hydrogen (secondary N) is 1. The zero-order valence-electron chi connectivity index (χ0n) is 18.0. The maximum Gasteiger partial charge on any atom is 0.242 e. The molecule has 2 aromatic rings. The Balaban J connectivity index is 2.15. The number of rotatable bonds is 8. The Bertz CT molecular complexity index is 914. The van der Waals surface area contributed by atoms with Crippen molar-refractivity contribution in [2.24, 2.45) is 0 Å². The van der Waals surface area contributed by atoms with Crippen LogP contribution in [0.1, 0.15) is 38.8 Å². The molecule has 4 nitrogen and oxygen atoms in total. The highest BCUT2D eigenvalue weighted by Gasteiger charge is 2.29. The fraction of sp³-hybridized carbons (Fsp3) is 0.391. The summed E-state index contributed by atoms with van der Waals surface area (Å²) in [5.41, 5.74) is 0.156. The Morgan fingerprint density at radius 3 is 2.35 bits per heavy atom. The molecule has 0 spiro atoms. The summed E-state index contributed by atoms with van der Waals surface area (Å²) in [4.78, 5) is 27.0. The first kappa shape index (κ1) is 25.1. The highest BCUT2D eigenvalue weighted by atomic mass is 35.5. The van der Waals surface area contributed by atoms with Crippen molar-refractivity contribution in [3.05, 3.63) is 70.2 Å². The number of hydrogen-bond acceptors (Lipinski definition) is 3. The number of halogens is 3. The van der Waals surface area contributed by atoms with E-state index < -0.39 is 23.2 Å². The van der Waals surface area contributed by atoms with Gasteiger partial charge in [0.05, 0.1) is 5.75 Å². The molecule has 0 bridgehead atoms. The third kappa shape index (κ3) is 7.51. The molecule has 0 aliphatic heterocycles. The van der Waals surface area contributed by atoms with Gasteiger partial charge in [-0.05, 0) is 45.9 Å². The van der Waals surface area contributed by atoms with Gasteiger partial charge in [0.15, 0.2) is 0 Å². The van der Waals surface area contributed by atoms with Crippen molar-refractivity contribution >= 4 is 35.2 Å². The van der Waals surface area contributed by atoms with Gasteiger partial charge < -0.3 is 10.2 Å². The fourth-order valence-corrected chi connectivity index (χ4v) is 4.11. The molecule has 31 heavy (non-hydrogen) atoms. The molecule has 2 amide bonds. The van der Waals surface area contributed by atoms with E-state index >= 15 is 0 Å². The summed E-state index contributed by atoms with van der Waals surface area (Å²) >= 11 is 7.23. The molecule has 0 saturated carbocycles. The van der Waals surface area contributed by atoms with Crippen LogP contribution in [0.15, 0.2) is 42.5 Å². The molecule has 0 heterocycles. The lowest BCUT2D eigenvalue weighted by atomic mass is 10.1. The van der Waals surface area contributed by atoms with Gasteiger partial charge in [-0.3, -0.25) is 9.59 Å². The lowest BCUT2D eigenvalue weighted by Crippen LogP contribution is -2.52. The Labute approximate surface area is 191 Å². The Morgan fingerprint density at radius 1 is 1.10 bits per heavy atom. The Morgan fingerprint density at radius 2 is 1.74 bits per heavy atom. The van der Waals surface area contributed by atoms with E-state index in [0.717, 1.165) is 0 Å². The van der Waals surface area contributed by atoms with Crippen LogP contribution in [-0.4, -0.2) is 34.0 Å². The number of carbonyl (C=O) groups is 2. The molecule has 168 valence electrons. The molecule has 1 N–H and O–H groups in total. The minimum absolute atomic E-state index is 0.00768. The van der Waals surface area contributed by atoms with Crippen LogP contribution < -0.4 is 5.32 Å². The smallest absolute Gasteiger partial charge is 0.242 e. The van der Waals surface area contributed by atoms with Gasteiger partial charge in [0.1, 0.15) is 17.7 Å². The lowest BCUT2D eigenvalue weighted by Gasteiger charge is -2.31. The Hall–Kier alpha value is -2.12. The SMILES string of the molecule is C[C@@H](C(=O)NC(C)(C)C)N(Cc1ccccc1F)C(=O)CSCc1c(F)cccc1Cl. The summed E-state index contributed by atoms with van der Waals surface area (Å²) < 4.78 is 28.2. The second-order valence-electron chi connectivity index (χ2n) is 8.22. The highest BCUT2D eigenvalue weighted by Crippen LogP contribution is 2.24. The zero-order chi connectivity index (χ0) is 23.2. The van der Waals surface area contributed by atoms with E-state index in [1.807, 2.05) is 20.8 Å². The van der Waals surface area contributed by atoms with Crippen molar-refractivity contribution in [2.75, 3.05) is 5.75 Å². The van der Waals surface area contributed by atoms with Crippen LogP contribution in [0.3, 0.4) is 0 Å². The number of nitrogens with zero attached hydrogens (tertiary/aromatic N) is 1. The van der Waals surface area contributed by atoms with Gasteiger partial charge >= 0.3 is 0 Å². The van der Waals surface area contributed by atoms with Crippen molar-refractivity contribution in [3.63, 3.8) is 0 Å². The van der Waals surface area contributed by atoms with Crippen LogP contribution in [0.25, 0.3) is 0 Å². The van der Waals surface area contributed by atoms with E-state index in [2.05, 4.69) is 5.32 Å². The largest absolute Gasteiger partial charge is 0.350 e. The molecule has 0 fully saturated rings. The summed E-state index contributed by atoms with van der Waals surface area (Å²) in [6, 6.07) is 9.73. The van der Waals surface area contributed by atoms with Crippen LogP contribution in [0, 0.1) is 11.6 Å².